The van der Waals surface area contributed by atoms with Crippen LogP contribution in [0.2, 0.25) is 0 Å². The van der Waals surface area contributed by atoms with Gasteiger partial charge in [-0.05, 0) is 17.9 Å². The Balaban J connectivity index is 2.38. The third-order valence-corrected chi connectivity index (χ3v) is 3.32. The maximum Gasteiger partial charge on any atom is 0.314 e. The Morgan fingerprint density at radius 2 is 1.90 bits per heavy atom. The zero-order valence-corrected chi connectivity index (χ0v) is 12.9. The Morgan fingerprint density at radius 1 is 1.24 bits per heavy atom. The van der Waals surface area contributed by atoms with E-state index in [2.05, 4.69) is 19.0 Å². The first-order valence-electron chi connectivity index (χ1n) is 7.51. The molecule has 0 radical (unpaired) electrons. The zero-order valence-electron chi connectivity index (χ0n) is 12.9. The molecule has 4 heteroatoms. The average Bonchev–Trinajstić information content (AvgIpc) is 2.48. The van der Waals surface area contributed by atoms with Crippen molar-refractivity contribution in [3.63, 3.8) is 0 Å². The lowest BCUT2D eigenvalue weighted by Crippen LogP contribution is -2.19. The predicted octanol–water partition coefficient (Wildman–Crippen LogP) is 4.02. The molecule has 1 unspecified atom stereocenters. The summed E-state index contributed by atoms with van der Waals surface area (Å²) in [4.78, 5) is 12.0. The second-order valence-corrected chi connectivity index (χ2v) is 5.64. The monoisotopic (exact) mass is 291 g/mol. The van der Waals surface area contributed by atoms with E-state index in [-0.39, 0.29) is 12.6 Å². The topological polar surface area (TPSA) is 58.9 Å². The lowest BCUT2D eigenvalue weighted by atomic mass is 9.99. The first-order valence-corrected chi connectivity index (χ1v) is 7.51. The molecular formula is C17H25NO3. The van der Waals surface area contributed by atoms with Crippen molar-refractivity contribution >= 4 is 12.2 Å². The number of hydrogen-bond donors (Lipinski definition) is 1. The molecule has 4 nitrogen and oxygen atoms in total. The van der Waals surface area contributed by atoms with E-state index in [1.165, 1.54) is 6.21 Å². The number of unbranched alkanes of at least 4 members (excludes halogenated alkanes) is 1. The highest BCUT2D eigenvalue weighted by molar-refractivity contribution is 5.89. The second kappa shape index (κ2) is 9.97. The number of ether oxygens (including phenoxy) is 1. The molecule has 1 N–H and O–H groups in total. The van der Waals surface area contributed by atoms with Crippen LogP contribution >= 0.6 is 0 Å². The molecular weight excluding hydrogens is 266 g/mol. The molecule has 0 aliphatic heterocycles. The number of carbonyl (C=O) groups is 1. The van der Waals surface area contributed by atoms with Crippen LogP contribution in [0.1, 0.15) is 45.1 Å². The number of nitrogens with zero attached hydrogens (tertiary/aromatic N) is 1. The molecule has 0 saturated heterocycles. The summed E-state index contributed by atoms with van der Waals surface area (Å²) in [5.41, 5.74) is 0.949. The van der Waals surface area contributed by atoms with Crippen LogP contribution in [0.25, 0.3) is 0 Å². The summed E-state index contributed by atoms with van der Waals surface area (Å²) < 4.78 is 5.28. The molecule has 1 aromatic rings. The summed E-state index contributed by atoms with van der Waals surface area (Å²) in [5, 5.41) is 11.7. The van der Waals surface area contributed by atoms with Crippen LogP contribution in [0.5, 0.6) is 0 Å². The maximum absolute atomic E-state index is 12.0. The van der Waals surface area contributed by atoms with Gasteiger partial charge in [-0.15, -0.1) is 5.16 Å². The largest absolute Gasteiger partial charge is 0.460 e. The Labute approximate surface area is 126 Å². The summed E-state index contributed by atoms with van der Waals surface area (Å²) >= 11 is 0. The summed E-state index contributed by atoms with van der Waals surface area (Å²) in [6, 6.07) is 9.54. The molecule has 0 spiro atoms. The van der Waals surface area contributed by atoms with E-state index in [1.54, 1.807) is 0 Å². The SMILES string of the molecule is CC(C)CCCCC(/C=N\O)C(=O)OCc1ccccc1. The third-order valence-electron chi connectivity index (χ3n) is 3.32. The minimum atomic E-state index is -0.467. The zero-order chi connectivity index (χ0) is 15.5. The van der Waals surface area contributed by atoms with Gasteiger partial charge < -0.3 is 9.94 Å². The first-order chi connectivity index (χ1) is 10.1. The van der Waals surface area contributed by atoms with E-state index < -0.39 is 5.92 Å². The van der Waals surface area contributed by atoms with Crippen LogP contribution in [0.15, 0.2) is 35.5 Å². The van der Waals surface area contributed by atoms with Gasteiger partial charge in [-0.1, -0.05) is 63.4 Å². The first kappa shape index (κ1) is 17.2. The number of hydrogen-bond acceptors (Lipinski definition) is 4. The molecule has 0 fully saturated rings. The Kier molecular flexibility index (Phi) is 8.17. The smallest absolute Gasteiger partial charge is 0.314 e. The summed E-state index contributed by atoms with van der Waals surface area (Å²) in [6.07, 6.45) is 5.06. The van der Waals surface area contributed by atoms with Crippen LogP contribution in [0.3, 0.4) is 0 Å². The standard InChI is InChI=1S/C17H25NO3/c1-14(2)8-6-7-11-16(12-18-20)17(19)21-13-15-9-4-3-5-10-15/h3-5,9-10,12,14,16,20H,6-8,11,13H2,1-2H3/b18-12-. The number of esters is 1. The fourth-order valence-corrected chi connectivity index (χ4v) is 2.09. The quantitative estimate of drug-likeness (QED) is 0.246. The summed E-state index contributed by atoms with van der Waals surface area (Å²) in [7, 11) is 0. The fourth-order valence-electron chi connectivity index (χ4n) is 2.09. The van der Waals surface area contributed by atoms with Crippen LogP contribution in [0.4, 0.5) is 0 Å². The van der Waals surface area contributed by atoms with Crippen molar-refractivity contribution in [2.24, 2.45) is 17.0 Å². The molecule has 1 atom stereocenters. The van der Waals surface area contributed by atoms with Crippen molar-refractivity contribution < 1.29 is 14.7 Å². The normalized spacial score (nSPS) is 12.7. The van der Waals surface area contributed by atoms with E-state index in [9.17, 15) is 4.79 Å². The number of rotatable bonds is 9. The van der Waals surface area contributed by atoms with E-state index in [4.69, 9.17) is 9.94 Å². The highest BCUT2D eigenvalue weighted by Gasteiger charge is 2.18. The van der Waals surface area contributed by atoms with Gasteiger partial charge in [0.05, 0.1) is 12.1 Å². The molecule has 0 amide bonds. The molecule has 0 aliphatic carbocycles. The van der Waals surface area contributed by atoms with Crippen LogP contribution in [-0.2, 0) is 16.1 Å². The summed E-state index contributed by atoms with van der Waals surface area (Å²) in [5.74, 6) is -0.132. The number of oxime groups is 1. The molecule has 21 heavy (non-hydrogen) atoms. The van der Waals surface area contributed by atoms with Crippen molar-refractivity contribution in [3.8, 4) is 0 Å². The highest BCUT2D eigenvalue weighted by atomic mass is 16.5. The van der Waals surface area contributed by atoms with Crippen molar-refractivity contribution in [1.82, 2.24) is 0 Å². The Bertz CT molecular complexity index is 429. The van der Waals surface area contributed by atoms with Crippen LogP contribution in [0, 0.1) is 11.8 Å². The Morgan fingerprint density at radius 3 is 2.52 bits per heavy atom. The average molecular weight is 291 g/mol. The van der Waals surface area contributed by atoms with E-state index in [1.807, 2.05) is 30.3 Å². The van der Waals surface area contributed by atoms with Crippen molar-refractivity contribution in [3.05, 3.63) is 35.9 Å². The molecule has 0 heterocycles. The van der Waals surface area contributed by atoms with Gasteiger partial charge in [0.1, 0.15) is 6.61 Å². The van der Waals surface area contributed by atoms with Crippen molar-refractivity contribution in [2.75, 3.05) is 0 Å². The second-order valence-electron chi connectivity index (χ2n) is 5.64. The molecule has 1 aromatic carbocycles. The molecule has 0 bridgehead atoms. The Hall–Kier alpha value is -1.84. The fraction of sp³-hybridized carbons (Fsp3) is 0.529. The molecule has 0 saturated carbocycles. The van der Waals surface area contributed by atoms with Gasteiger partial charge >= 0.3 is 5.97 Å². The van der Waals surface area contributed by atoms with Gasteiger partial charge in [0.15, 0.2) is 0 Å². The van der Waals surface area contributed by atoms with Crippen LogP contribution < -0.4 is 0 Å². The van der Waals surface area contributed by atoms with Gasteiger partial charge in [0, 0.05) is 0 Å². The molecule has 0 aromatic heterocycles. The third kappa shape index (κ3) is 7.49. The number of carbonyl (C=O) groups excluding carboxylic acids is 1. The van der Waals surface area contributed by atoms with Gasteiger partial charge in [-0.25, -0.2) is 0 Å². The van der Waals surface area contributed by atoms with Gasteiger partial charge in [-0.3, -0.25) is 4.79 Å². The van der Waals surface area contributed by atoms with E-state index in [0.29, 0.717) is 12.3 Å². The minimum Gasteiger partial charge on any atom is -0.460 e. The predicted molar refractivity (Wildman–Crippen MR) is 83.3 cm³/mol. The van der Waals surface area contributed by atoms with Crippen molar-refractivity contribution in [1.29, 1.82) is 0 Å². The number of benzene rings is 1. The van der Waals surface area contributed by atoms with E-state index >= 15 is 0 Å². The lowest BCUT2D eigenvalue weighted by Gasteiger charge is -2.12. The van der Waals surface area contributed by atoms with Gasteiger partial charge in [-0.2, -0.15) is 0 Å². The molecule has 1 rings (SSSR count). The minimum absolute atomic E-state index is 0.251. The van der Waals surface area contributed by atoms with Crippen molar-refractivity contribution in [2.45, 2.75) is 46.1 Å². The lowest BCUT2D eigenvalue weighted by molar-refractivity contribution is -0.147. The molecule has 116 valence electrons. The van der Waals surface area contributed by atoms with Gasteiger partial charge in [0.25, 0.3) is 0 Å². The van der Waals surface area contributed by atoms with Gasteiger partial charge in [0.2, 0.25) is 0 Å². The molecule has 0 aliphatic rings. The maximum atomic E-state index is 12.0. The van der Waals surface area contributed by atoms with Crippen LogP contribution in [-0.4, -0.2) is 17.4 Å². The highest BCUT2D eigenvalue weighted by Crippen LogP contribution is 2.14. The summed E-state index contributed by atoms with van der Waals surface area (Å²) in [6.45, 7) is 4.61. The van der Waals surface area contributed by atoms with E-state index in [0.717, 1.165) is 24.8 Å².